The number of nitrogens with two attached hydrogens (primary N) is 1. The van der Waals surface area contributed by atoms with E-state index in [4.69, 9.17) is 5.73 Å². The predicted molar refractivity (Wildman–Crippen MR) is 27.8 cm³/mol. The molecule has 0 radical (unpaired) electrons. The summed E-state index contributed by atoms with van der Waals surface area (Å²) in [5.41, 5.74) is 7.24. The summed E-state index contributed by atoms with van der Waals surface area (Å²) in [5, 5.41) is 0. The molecular weight excluding hydrogens is 96.1 g/mol. The summed E-state index contributed by atoms with van der Waals surface area (Å²) in [6.45, 7) is 1.77. The highest BCUT2D eigenvalue weighted by Gasteiger charge is 2.18. The summed E-state index contributed by atoms with van der Waals surface area (Å²) < 4.78 is 2.10. The first-order chi connectivity index (χ1) is 2.93. The van der Waals surface area contributed by atoms with Crippen molar-refractivity contribution in [3.05, 3.63) is 0 Å². The molecule has 1 rings (SSSR count). The lowest BCUT2D eigenvalue weighted by Crippen LogP contribution is -2.07. The van der Waals surface area contributed by atoms with Crippen LogP contribution in [0.25, 0.3) is 0 Å². The lowest BCUT2D eigenvalue weighted by Gasteiger charge is -1.72. The molecule has 2 nitrogen and oxygen atoms in total. The van der Waals surface area contributed by atoms with Crippen LogP contribution >= 0.6 is 11.9 Å². The molecule has 0 bridgehead atoms. The fourth-order valence-corrected chi connectivity index (χ4v) is 0.649. The molecule has 0 saturated heterocycles. The van der Waals surface area contributed by atoms with E-state index in [2.05, 4.69) is 3.98 Å². The quantitative estimate of drug-likeness (QED) is 0.382. The smallest absolute Gasteiger partial charge is 0.280 e. The van der Waals surface area contributed by atoms with Gasteiger partial charge < -0.3 is 5.73 Å². The van der Waals surface area contributed by atoms with Gasteiger partial charge in [0.25, 0.3) is 17.5 Å². The van der Waals surface area contributed by atoms with Gasteiger partial charge in [-0.25, -0.2) is 0 Å². The summed E-state index contributed by atoms with van der Waals surface area (Å²) in [6, 6.07) is 0. The Labute approximate surface area is 41.2 Å². The average Bonchev–Trinajstić information content (AvgIpc) is 2.21. The lowest BCUT2D eigenvalue weighted by atomic mass is 10.7. The van der Waals surface area contributed by atoms with Crippen LogP contribution in [0.3, 0.4) is 0 Å². The van der Waals surface area contributed by atoms with Crippen LogP contribution in [0, 0.1) is 0 Å². The summed E-state index contributed by atoms with van der Waals surface area (Å²) in [6.07, 6.45) is 0. The van der Waals surface area contributed by atoms with Crippen LogP contribution in [-0.4, -0.2) is 22.6 Å². The zero-order valence-electron chi connectivity index (χ0n) is 3.42. The van der Waals surface area contributed by atoms with Crippen molar-refractivity contribution in [2.45, 2.75) is 0 Å². The van der Waals surface area contributed by atoms with Crippen LogP contribution in [0.5, 0.6) is 0 Å². The van der Waals surface area contributed by atoms with Gasteiger partial charge in [0.1, 0.15) is 0 Å². The molecule has 0 fully saturated rings. The fourth-order valence-electron chi connectivity index (χ4n) is 0.266. The molecule has 0 aromatic heterocycles. The SMILES string of the molecule is NCC[N+]1=CS1. The second-order valence-electron chi connectivity index (χ2n) is 1.14. The van der Waals surface area contributed by atoms with Crippen LogP contribution in [0.15, 0.2) is 0 Å². The van der Waals surface area contributed by atoms with Crippen LogP contribution < -0.4 is 5.73 Å². The van der Waals surface area contributed by atoms with Gasteiger partial charge >= 0.3 is 0 Å². The molecule has 0 amide bonds. The van der Waals surface area contributed by atoms with Gasteiger partial charge in [0.05, 0.1) is 6.54 Å². The van der Waals surface area contributed by atoms with Crippen molar-refractivity contribution in [2.75, 3.05) is 13.1 Å². The summed E-state index contributed by atoms with van der Waals surface area (Å²) in [5.74, 6) is 0. The highest BCUT2D eigenvalue weighted by atomic mass is 32.2. The van der Waals surface area contributed by atoms with Gasteiger partial charge in [-0.2, -0.15) is 0 Å². The highest BCUT2D eigenvalue weighted by molar-refractivity contribution is 8.11. The molecule has 34 valence electrons. The standard InChI is InChI=1S/C3H7N2S/c4-1-2-5-3-6-5/h3H,1-2,4H2/q+1. The van der Waals surface area contributed by atoms with Crippen LogP contribution in [0.2, 0.25) is 0 Å². The first kappa shape index (κ1) is 4.15. The van der Waals surface area contributed by atoms with Crippen molar-refractivity contribution in [2.24, 2.45) is 5.73 Å². The Kier molecular flexibility index (Phi) is 1.12. The van der Waals surface area contributed by atoms with E-state index >= 15 is 0 Å². The molecule has 0 atom stereocenters. The number of hydrogen-bond donors (Lipinski definition) is 1. The maximum absolute atomic E-state index is 5.19. The molecule has 0 saturated carbocycles. The average molecular weight is 103 g/mol. The Balaban J connectivity index is 2.02. The fraction of sp³-hybridized carbons (Fsp3) is 0.667. The predicted octanol–water partition coefficient (Wildman–Crippen LogP) is -0.352. The van der Waals surface area contributed by atoms with Crippen molar-refractivity contribution in [1.82, 2.24) is 0 Å². The van der Waals surface area contributed by atoms with E-state index in [1.807, 2.05) is 5.55 Å². The topological polar surface area (TPSA) is 29.0 Å². The molecule has 0 unspecified atom stereocenters. The van der Waals surface area contributed by atoms with Gasteiger partial charge in [-0.15, -0.1) is 3.98 Å². The third kappa shape index (κ3) is 0.988. The first-order valence-corrected chi connectivity index (χ1v) is 2.74. The molecule has 0 aromatic carbocycles. The largest absolute Gasteiger partial charge is 0.325 e. The van der Waals surface area contributed by atoms with Gasteiger partial charge in [0.2, 0.25) is 0 Å². The molecule has 2 N–H and O–H groups in total. The van der Waals surface area contributed by atoms with E-state index < -0.39 is 0 Å². The third-order valence-corrected chi connectivity index (χ3v) is 1.30. The van der Waals surface area contributed by atoms with Crippen molar-refractivity contribution in [3.8, 4) is 0 Å². The van der Waals surface area contributed by atoms with E-state index in [0.29, 0.717) is 0 Å². The third-order valence-electron chi connectivity index (χ3n) is 0.604. The minimum absolute atomic E-state index is 0.767. The van der Waals surface area contributed by atoms with Gasteiger partial charge in [-0.1, -0.05) is 0 Å². The summed E-state index contributed by atoms with van der Waals surface area (Å²) in [4.78, 5) is 0. The van der Waals surface area contributed by atoms with E-state index in [1.54, 1.807) is 11.9 Å². The van der Waals surface area contributed by atoms with Gasteiger partial charge in [0.15, 0.2) is 6.54 Å². The number of nitrogens with zero attached hydrogens (tertiary/aromatic N) is 1. The van der Waals surface area contributed by atoms with Crippen molar-refractivity contribution >= 4 is 17.5 Å². The lowest BCUT2D eigenvalue weighted by molar-refractivity contribution is -0.304. The van der Waals surface area contributed by atoms with Crippen LogP contribution in [-0.2, 0) is 0 Å². The molecule has 6 heavy (non-hydrogen) atoms. The van der Waals surface area contributed by atoms with Crippen LogP contribution in [0.4, 0.5) is 0 Å². The Morgan fingerprint density at radius 3 is 2.67 bits per heavy atom. The van der Waals surface area contributed by atoms with E-state index in [9.17, 15) is 0 Å². The second-order valence-corrected chi connectivity index (χ2v) is 2.03. The van der Waals surface area contributed by atoms with Crippen molar-refractivity contribution in [3.63, 3.8) is 0 Å². The number of rotatable bonds is 2. The van der Waals surface area contributed by atoms with E-state index in [1.165, 1.54) is 0 Å². The molecule has 1 heterocycles. The summed E-state index contributed by atoms with van der Waals surface area (Å²) in [7, 11) is 0. The molecule has 0 aliphatic carbocycles. The molecule has 0 aromatic rings. The maximum atomic E-state index is 5.19. The molecule has 1 aliphatic heterocycles. The number of hydrogen-bond acceptors (Lipinski definition) is 2. The Morgan fingerprint density at radius 1 is 1.83 bits per heavy atom. The van der Waals surface area contributed by atoms with Crippen molar-refractivity contribution < 1.29 is 3.98 Å². The van der Waals surface area contributed by atoms with Gasteiger partial charge in [0, 0.05) is 0 Å². The monoisotopic (exact) mass is 103 g/mol. The van der Waals surface area contributed by atoms with Gasteiger partial charge in [-0.05, 0) is 0 Å². The van der Waals surface area contributed by atoms with Gasteiger partial charge in [-0.3, -0.25) is 0 Å². The zero-order chi connectivity index (χ0) is 4.41. The minimum atomic E-state index is 0.767. The molecule has 3 heteroatoms. The first-order valence-electron chi connectivity index (χ1n) is 1.90. The zero-order valence-corrected chi connectivity index (χ0v) is 4.24. The Bertz CT molecular complexity index is 78.9. The second kappa shape index (κ2) is 1.62. The Hall–Kier alpha value is -0.0200. The van der Waals surface area contributed by atoms with E-state index in [-0.39, 0.29) is 0 Å². The van der Waals surface area contributed by atoms with E-state index in [0.717, 1.165) is 13.1 Å². The maximum Gasteiger partial charge on any atom is 0.280 e. The van der Waals surface area contributed by atoms with Crippen molar-refractivity contribution in [1.29, 1.82) is 0 Å². The minimum Gasteiger partial charge on any atom is -0.325 e. The molecule has 0 spiro atoms. The Morgan fingerprint density at radius 2 is 2.50 bits per heavy atom. The summed E-state index contributed by atoms with van der Waals surface area (Å²) >= 11 is 1.72. The molecular formula is C3H7N2S+. The molecule has 1 aliphatic rings. The normalized spacial score (nSPS) is 17.2. The highest BCUT2D eigenvalue weighted by Crippen LogP contribution is 2.09. The van der Waals surface area contributed by atoms with Crippen LogP contribution in [0.1, 0.15) is 0 Å².